The lowest BCUT2D eigenvalue weighted by molar-refractivity contribution is 1.23. The molecule has 0 atom stereocenters. The zero-order chi connectivity index (χ0) is 15.2. The maximum Gasteiger partial charge on any atom is 0.178 e. The van der Waals surface area contributed by atoms with Gasteiger partial charge < -0.3 is 0 Å². The summed E-state index contributed by atoms with van der Waals surface area (Å²) in [6.07, 6.45) is 3.37. The van der Waals surface area contributed by atoms with Crippen LogP contribution < -0.4 is 0 Å². The predicted octanol–water partition coefficient (Wildman–Crippen LogP) is 5.06. The van der Waals surface area contributed by atoms with Crippen LogP contribution in [0.25, 0.3) is 42.6 Å². The van der Waals surface area contributed by atoms with Crippen LogP contribution in [0, 0.1) is 0 Å². The minimum Gasteiger partial charge on any atom is -0.251 e. The maximum atomic E-state index is 4.70. The average molecular weight is 313 g/mol. The highest BCUT2D eigenvalue weighted by Crippen LogP contribution is 2.39. The van der Waals surface area contributed by atoms with Crippen LogP contribution in [0.5, 0.6) is 0 Å². The molecule has 0 spiro atoms. The number of thiophene rings is 1. The van der Waals surface area contributed by atoms with Crippen molar-refractivity contribution in [3.63, 3.8) is 0 Å². The second kappa shape index (κ2) is 4.83. The molecule has 0 bridgehead atoms. The molecule has 5 aromatic rings. The van der Waals surface area contributed by atoms with Crippen molar-refractivity contribution in [1.82, 2.24) is 15.0 Å². The van der Waals surface area contributed by atoms with Crippen molar-refractivity contribution in [1.29, 1.82) is 0 Å². The summed E-state index contributed by atoms with van der Waals surface area (Å²) in [6.45, 7) is 0. The van der Waals surface area contributed by atoms with E-state index in [1.54, 1.807) is 12.4 Å². The molecular formula is C19H11N3S. The van der Waals surface area contributed by atoms with Gasteiger partial charge in [-0.1, -0.05) is 36.4 Å². The Hall–Kier alpha value is -2.85. The van der Waals surface area contributed by atoms with Crippen LogP contribution in [0.15, 0.2) is 67.0 Å². The van der Waals surface area contributed by atoms with E-state index in [0.717, 1.165) is 16.8 Å². The molecule has 0 aliphatic carbocycles. The molecule has 0 radical (unpaired) electrons. The van der Waals surface area contributed by atoms with Crippen molar-refractivity contribution in [2.75, 3.05) is 0 Å². The van der Waals surface area contributed by atoms with Crippen LogP contribution in [0.3, 0.4) is 0 Å². The van der Waals surface area contributed by atoms with E-state index >= 15 is 0 Å². The molecule has 0 amide bonds. The fourth-order valence-corrected chi connectivity index (χ4v) is 4.18. The van der Waals surface area contributed by atoms with Gasteiger partial charge in [-0.3, -0.25) is 4.98 Å². The highest BCUT2D eigenvalue weighted by atomic mass is 32.1. The van der Waals surface area contributed by atoms with Gasteiger partial charge in [0.05, 0.1) is 5.69 Å². The van der Waals surface area contributed by atoms with E-state index < -0.39 is 0 Å². The van der Waals surface area contributed by atoms with Crippen molar-refractivity contribution in [3.05, 3.63) is 67.0 Å². The molecule has 5 rings (SSSR count). The third-order valence-corrected chi connectivity index (χ3v) is 5.23. The Morgan fingerprint density at radius 1 is 0.739 bits per heavy atom. The first-order valence-electron chi connectivity index (χ1n) is 7.38. The van der Waals surface area contributed by atoms with E-state index in [-0.39, 0.29) is 0 Å². The molecule has 4 heteroatoms. The largest absolute Gasteiger partial charge is 0.251 e. The second-order valence-corrected chi connectivity index (χ2v) is 6.43. The maximum absolute atomic E-state index is 4.70. The van der Waals surface area contributed by atoms with E-state index in [2.05, 4.69) is 52.4 Å². The van der Waals surface area contributed by atoms with Crippen molar-refractivity contribution >= 4 is 42.7 Å². The standard InChI is InChI=1S/C19H11N3S/c1-2-7-17-12(4-1)13-5-3-6-14(18(13)23-17)15-8-9-16-19(22-15)21-11-10-20-16/h1-11H. The molecule has 2 aromatic carbocycles. The van der Waals surface area contributed by atoms with Crippen molar-refractivity contribution < 1.29 is 0 Å². The Labute approximate surface area is 136 Å². The van der Waals surface area contributed by atoms with Gasteiger partial charge in [-0.2, -0.15) is 0 Å². The molecule has 0 fully saturated rings. The van der Waals surface area contributed by atoms with Crippen LogP contribution >= 0.6 is 11.3 Å². The highest BCUT2D eigenvalue weighted by Gasteiger charge is 2.11. The molecule has 0 saturated heterocycles. The van der Waals surface area contributed by atoms with Crippen LogP contribution in [-0.2, 0) is 0 Å². The number of hydrogen-bond donors (Lipinski definition) is 0. The van der Waals surface area contributed by atoms with Gasteiger partial charge in [0.25, 0.3) is 0 Å². The van der Waals surface area contributed by atoms with Gasteiger partial charge in [0.15, 0.2) is 5.65 Å². The number of benzene rings is 2. The van der Waals surface area contributed by atoms with Crippen LogP contribution in [-0.4, -0.2) is 15.0 Å². The number of fused-ring (bicyclic) bond motifs is 4. The molecule has 0 saturated carbocycles. The first kappa shape index (κ1) is 12.7. The number of aromatic nitrogens is 3. The number of rotatable bonds is 1. The van der Waals surface area contributed by atoms with Gasteiger partial charge >= 0.3 is 0 Å². The first-order valence-corrected chi connectivity index (χ1v) is 8.20. The third-order valence-electron chi connectivity index (χ3n) is 4.01. The minimum absolute atomic E-state index is 0.683. The number of pyridine rings is 1. The average Bonchev–Trinajstić information content (AvgIpc) is 3.00. The molecule has 3 aromatic heterocycles. The summed E-state index contributed by atoms with van der Waals surface area (Å²) in [5.41, 5.74) is 3.59. The smallest absolute Gasteiger partial charge is 0.178 e. The van der Waals surface area contributed by atoms with Crippen molar-refractivity contribution in [3.8, 4) is 11.3 Å². The van der Waals surface area contributed by atoms with Gasteiger partial charge in [-0.25, -0.2) is 9.97 Å². The molecule has 0 N–H and O–H groups in total. The normalized spacial score (nSPS) is 11.5. The molecule has 3 nitrogen and oxygen atoms in total. The molecule has 108 valence electrons. The lowest BCUT2D eigenvalue weighted by Crippen LogP contribution is -1.89. The Bertz CT molecular complexity index is 1180. The SMILES string of the molecule is c1ccc2c(c1)sc1c(-c3ccc4nccnc4n3)cccc12. The summed E-state index contributed by atoms with van der Waals surface area (Å²) in [4.78, 5) is 13.3. The summed E-state index contributed by atoms with van der Waals surface area (Å²) in [5, 5.41) is 2.58. The number of nitrogens with zero attached hydrogens (tertiary/aromatic N) is 3. The molecule has 23 heavy (non-hydrogen) atoms. The summed E-state index contributed by atoms with van der Waals surface area (Å²) < 4.78 is 2.57. The zero-order valence-electron chi connectivity index (χ0n) is 12.1. The van der Waals surface area contributed by atoms with E-state index in [0.29, 0.717) is 5.65 Å². The summed E-state index contributed by atoms with van der Waals surface area (Å²) in [5.74, 6) is 0. The van der Waals surface area contributed by atoms with Gasteiger partial charge in [0, 0.05) is 38.1 Å². The van der Waals surface area contributed by atoms with Crippen molar-refractivity contribution in [2.24, 2.45) is 0 Å². The van der Waals surface area contributed by atoms with Crippen LogP contribution in [0.4, 0.5) is 0 Å². The Balaban J connectivity index is 1.84. The lowest BCUT2D eigenvalue weighted by atomic mass is 10.1. The minimum atomic E-state index is 0.683. The fourth-order valence-electron chi connectivity index (χ4n) is 2.95. The highest BCUT2D eigenvalue weighted by molar-refractivity contribution is 7.26. The number of hydrogen-bond acceptors (Lipinski definition) is 4. The van der Waals surface area contributed by atoms with E-state index in [9.17, 15) is 0 Å². The van der Waals surface area contributed by atoms with Crippen LogP contribution in [0.2, 0.25) is 0 Å². The van der Waals surface area contributed by atoms with Crippen LogP contribution in [0.1, 0.15) is 0 Å². The Kier molecular flexibility index (Phi) is 2.66. The fraction of sp³-hybridized carbons (Fsp3) is 0. The third kappa shape index (κ3) is 1.92. The van der Waals surface area contributed by atoms with Gasteiger partial charge in [0.1, 0.15) is 5.52 Å². The van der Waals surface area contributed by atoms with Gasteiger partial charge in [0.2, 0.25) is 0 Å². The quantitative estimate of drug-likeness (QED) is 0.434. The topological polar surface area (TPSA) is 38.7 Å². The zero-order valence-corrected chi connectivity index (χ0v) is 12.9. The summed E-state index contributed by atoms with van der Waals surface area (Å²) in [7, 11) is 0. The Morgan fingerprint density at radius 3 is 2.61 bits per heavy atom. The summed E-state index contributed by atoms with van der Waals surface area (Å²) in [6, 6.07) is 18.9. The van der Waals surface area contributed by atoms with E-state index in [1.165, 1.54) is 20.2 Å². The molecule has 0 unspecified atom stereocenters. The molecular weight excluding hydrogens is 302 g/mol. The van der Waals surface area contributed by atoms with Gasteiger partial charge in [-0.05, 0) is 18.2 Å². The Morgan fingerprint density at radius 2 is 1.61 bits per heavy atom. The van der Waals surface area contributed by atoms with E-state index in [4.69, 9.17) is 4.98 Å². The molecule has 0 aliphatic heterocycles. The second-order valence-electron chi connectivity index (χ2n) is 5.38. The van der Waals surface area contributed by atoms with Gasteiger partial charge in [-0.15, -0.1) is 11.3 Å². The van der Waals surface area contributed by atoms with E-state index in [1.807, 2.05) is 23.5 Å². The first-order chi connectivity index (χ1) is 11.4. The summed E-state index contributed by atoms with van der Waals surface area (Å²) >= 11 is 1.81. The predicted molar refractivity (Wildman–Crippen MR) is 95.7 cm³/mol. The van der Waals surface area contributed by atoms with Crippen molar-refractivity contribution in [2.45, 2.75) is 0 Å². The molecule has 0 aliphatic rings. The monoisotopic (exact) mass is 313 g/mol. The lowest BCUT2D eigenvalue weighted by Gasteiger charge is -2.03. The molecule has 3 heterocycles.